The minimum Gasteiger partial charge on any atom is -0.311 e. The molecule has 16 heavy (non-hydrogen) atoms. The van der Waals surface area contributed by atoms with E-state index in [2.05, 4.69) is 4.98 Å². The molecule has 1 amide bonds. The average molecular weight is 230 g/mol. The van der Waals surface area contributed by atoms with Gasteiger partial charge in [0.15, 0.2) is 0 Å². The molecule has 2 rings (SSSR count). The summed E-state index contributed by atoms with van der Waals surface area (Å²) in [5.41, 5.74) is -0.609. The van der Waals surface area contributed by atoms with Gasteiger partial charge < -0.3 is 4.90 Å². The minimum absolute atomic E-state index is 0.152. The molecule has 1 aromatic heterocycles. The van der Waals surface area contributed by atoms with Gasteiger partial charge in [0.2, 0.25) is 5.91 Å². The lowest BCUT2D eigenvalue weighted by Gasteiger charge is -2.16. The molecule has 0 spiro atoms. The molecule has 6 heteroatoms. The van der Waals surface area contributed by atoms with Gasteiger partial charge in [-0.2, -0.15) is 13.2 Å². The number of anilines is 1. The van der Waals surface area contributed by atoms with Crippen molar-refractivity contribution in [3.05, 3.63) is 24.0 Å². The first-order valence-electron chi connectivity index (χ1n) is 4.81. The second-order valence-corrected chi connectivity index (χ2v) is 3.58. The molecule has 1 saturated heterocycles. The standard InChI is InChI=1S/C10H9F3N2O/c11-10(12,13)7-4-8(6-14-5-7)15-3-1-2-9(15)16/h4-6H,1-3H2. The molecule has 86 valence electrons. The monoisotopic (exact) mass is 230 g/mol. The summed E-state index contributed by atoms with van der Waals surface area (Å²) in [7, 11) is 0. The largest absolute Gasteiger partial charge is 0.417 e. The quantitative estimate of drug-likeness (QED) is 0.741. The van der Waals surface area contributed by atoms with Crippen LogP contribution in [0.5, 0.6) is 0 Å². The van der Waals surface area contributed by atoms with Gasteiger partial charge in [-0.25, -0.2) is 0 Å². The first-order valence-corrected chi connectivity index (χ1v) is 4.81. The predicted molar refractivity (Wildman–Crippen MR) is 50.8 cm³/mol. The van der Waals surface area contributed by atoms with Crippen molar-refractivity contribution in [3.8, 4) is 0 Å². The lowest BCUT2D eigenvalue weighted by Crippen LogP contribution is -2.24. The van der Waals surface area contributed by atoms with Gasteiger partial charge in [0, 0.05) is 19.2 Å². The maximum absolute atomic E-state index is 12.4. The van der Waals surface area contributed by atoms with Crippen LogP contribution in [0.2, 0.25) is 0 Å². The van der Waals surface area contributed by atoms with E-state index in [-0.39, 0.29) is 11.6 Å². The highest BCUT2D eigenvalue weighted by Crippen LogP contribution is 2.31. The number of pyridine rings is 1. The number of nitrogens with zero attached hydrogens (tertiary/aromatic N) is 2. The van der Waals surface area contributed by atoms with Crippen molar-refractivity contribution in [2.75, 3.05) is 11.4 Å². The normalized spacial score (nSPS) is 16.9. The Morgan fingerprint density at radius 2 is 2.06 bits per heavy atom. The molecule has 0 aromatic carbocycles. The van der Waals surface area contributed by atoms with Crippen molar-refractivity contribution >= 4 is 11.6 Å². The molecule has 2 heterocycles. The number of hydrogen-bond donors (Lipinski definition) is 0. The van der Waals surface area contributed by atoms with Crippen molar-refractivity contribution in [1.82, 2.24) is 4.98 Å². The molecule has 0 N–H and O–H groups in total. The van der Waals surface area contributed by atoms with Gasteiger partial charge >= 0.3 is 6.18 Å². The third kappa shape index (κ3) is 2.00. The second-order valence-electron chi connectivity index (χ2n) is 3.58. The molecular weight excluding hydrogens is 221 g/mol. The number of aromatic nitrogens is 1. The minimum atomic E-state index is -4.42. The highest BCUT2D eigenvalue weighted by molar-refractivity contribution is 5.95. The lowest BCUT2D eigenvalue weighted by atomic mass is 10.2. The molecular formula is C10H9F3N2O. The Morgan fingerprint density at radius 1 is 1.31 bits per heavy atom. The summed E-state index contributed by atoms with van der Waals surface area (Å²) in [6, 6.07) is 0.955. The summed E-state index contributed by atoms with van der Waals surface area (Å²) in [4.78, 5) is 16.2. The molecule has 0 saturated carbocycles. The smallest absolute Gasteiger partial charge is 0.311 e. The van der Waals surface area contributed by atoms with Crippen molar-refractivity contribution in [2.45, 2.75) is 19.0 Å². The van der Waals surface area contributed by atoms with E-state index in [1.165, 1.54) is 11.1 Å². The van der Waals surface area contributed by atoms with E-state index < -0.39 is 11.7 Å². The summed E-state index contributed by atoms with van der Waals surface area (Å²) in [6.45, 7) is 0.460. The van der Waals surface area contributed by atoms with Crippen LogP contribution in [-0.4, -0.2) is 17.4 Å². The molecule has 0 radical (unpaired) electrons. The average Bonchev–Trinajstić information content (AvgIpc) is 2.63. The van der Waals surface area contributed by atoms with E-state index >= 15 is 0 Å². The Morgan fingerprint density at radius 3 is 2.62 bits per heavy atom. The Labute approximate surface area is 89.9 Å². The predicted octanol–water partition coefficient (Wildman–Crippen LogP) is 2.23. The van der Waals surface area contributed by atoms with Crippen molar-refractivity contribution in [3.63, 3.8) is 0 Å². The molecule has 3 nitrogen and oxygen atoms in total. The van der Waals surface area contributed by atoms with Crippen LogP contribution in [0.3, 0.4) is 0 Å². The summed E-state index contributed by atoms with van der Waals surface area (Å²) < 4.78 is 37.2. The van der Waals surface area contributed by atoms with E-state index in [4.69, 9.17) is 0 Å². The van der Waals surface area contributed by atoms with Crippen LogP contribution in [0.15, 0.2) is 18.5 Å². The van der Waals surface area contributed by atoms with Crippen molar-refractivity contribution in [1.29, 1.82) is 0 Å². The Bertz CT molecular complexity index is 417. The Kier molecular flexibility index (Phi) is 2.57. The number of carbonyl (C=O) groups is 1. The van der Waals surface area contributed by atoms with Gasteiger partial charge in [-0.1, -0.05) is 0 Å². The number of carbonyl (C=O) groups excluding carboxylic acids is 1. The van der Waals surface area contributed by atoms with Crippen LogP contribution in [0, 0.1) is 0 Å². The van der Waals surface area contributed by atoms with E-state index in [9.17, 15) is 18.0 Å². The van der Waals surface area contributed by atoms with E-state index in [0.29, 0.717) is 19.4 Å². The molecule has 1 aliphatic heterocycles. The van der Waals surface area contributed by atoms with Gasteiger partial charge in [-0.15, -0.1) is 0 Å². The zero-order valence-corrected chi connectivity index (χ0v) is 8.29. The Hall–Kier alpha value is -1.59. The first-order chi connectivity index (χ1) is 7.48. The van der Waals surface area contributed by atoms with Gasteiger partial charge in [0.1, 0.15) is 0 Å². The fourth-order valence-electron chi connectivity index (χ4n) is 1.65. The second kappa shape index (κ2) is 3.77. The summed E-state index contributed by atoms with van der Waals surface area (Å²) >= 11 is 0. The summed E-state index contributed by atoms with van der Waals surface area (Å²) in [6.07, 6.45) is -1.33. The van der Waals surface area contributed by atoms with Crippen LogP contribution in [0.25, 0.3) is 0 Å². The third-order valence-electron chi connectivity index (χ3n) is 2.44. The van der Waals surface area contributed by atoms with Crippen LogP contribution in [0.4, 0.5) is 18.9 Å². The van der Waals surface area contributed by atoms with Crippen LogP contribution >= 0.6 is 0 Å². The van der Waals surface area contributed by atoms with Crippen molar-refractivity contribution in [2.24, 2.45) is 0 Å². The zero-order valence-electron chi connectivity index (χ0n) is 8.29. The fraction of sp³-hybridized carbons (Fsp3) is 0.400. The van der Waals surface area contributed by atoms with Gasteiger partial charge in [0.25, 0.3) is 0 Å². The third-order valence-corrected chi connectivity index (χ3v) is 2.44. The summed E-state index contributed by atoms with van der Waals surface area (Å²) in [5.74, 6) is -0.152. The van der Waals surface area contributed by atoms with E-state index in [1.54, 1.807) is 0 Å². The van der Waals surface area contributed by atoms with E-state index in [0.717, 1.165) is 12.3 Å². The molecule has 0 aliphatic carbocycles. The van der Waals surface area contributed by atoms with Crippen molar-refractivity contribution < 1.29 is 18.0 Å². The number of hydrogen-bond acceptors (Lipinski definition) is 2. The molecule has 1 fully saturated rings. The maximum atomic E-state index is 12.4. The van der Waals surface area contributed by atoms with Gasteiger partial charge in [-0.3, -0.25) is 9.78 Å². The number of halogens is 3. The number of alkyl halides is 3. The van der Waals surface area contributed by atoms with Gasteiger partial charge in [0.05, 0.1) is 17.4 Å². The number of rotatable bonds is 1. The van der Waals surface area contributed by atoms with E-state index in [1.807, 2.05) is 0 Å². The molecule has 0 atom stereocenters. The molecule has 1 aromatic rings. The number of amides is 1. The Balaban J connectivity index is 2.32. The van der Waals surface area contributed by atoms with Crippen LogP contribution in [-0.2, 0) is 11.0 Å². The lowest BCUT2D eigenvalue weighted by molar-refractivity contribution is -0.137. The fourth-order valence-corrected chi connectivity index (χ4v) is 1.65. The SMILES string of the molecule is O=C1CCCN1c1cncc(C(F)(F)F)c1. The van der Waals surface area contributed by atoms with Gasteiger partial charge in [-0.05, 0) is 12.5 Å². The summed E-state index contributed by atoms with van der Waals surface area (Å²) in [5, 5.41) is 0. The molecule has 0 unspecified atom stereocenters. The maximum Gasteiger partial charge on any atom is 0.417 e. The van der Waals surface area contributed by atoms with Crippen LogP contribution in [0.1, 0.15) is 18.4 Å². The highest BCUT2D eigenvalue weighted by Gasteiger charge is 2.32. The highest BCUT2D eigenvalue weighted by atomic mass is 19.4. The van der Waals surface area contributed by atoms with Crippen LogP contribution < -0.4 is 4.90 Å². The zero-order chi connectivity index (χ0) is 11.8. The molecule has 1 aliphatic rings. The first kappa shape index (κ1) is 10.9. The topological polar surface area (TPSA) is 33.2 Å². The molecule has 0 bridgehead atoms.